The zero-order chi connectivity index (χ0) is 10.8. The summed E-state index contributed by atoms with van der Waals surface area (Å²) in [5.41, 5.74) is 1.49. The smallest absolute Gasteiger partial charge is 0.266 e. The van der Waals surface area contributed by atoms with Gasteiger partial charge in [-0.1, -0.05) is 23.3 Å². The molecule has 16 heavy (non-hydrogen) atoms. The summed E-state index contributed by atoms with van der Waals surface area (Å²) in [7, 11) is 0. The number of hydrogen-bond acceptors (Lipinski definition) is 4. The number of ether oxygens (including phenoxy) is 1. The molecule has 3 aromatic rings. The summed E-state index contributed by atoms with van der Waals surface area (Å²) in [5, 5.41) is 11.4. The fourth-order valence-corrected chi connectivity index (χ4v) is 1.45. The van der Waals surface area contributed by atoms with Crippen LogP contribution in [0.5, 0.6) is 11.6 Å². The van der Waals surface area contributed by atoms with E-state index in [1.54, 1.807) is 6.20 Å². The summed E-state index contributed by atoms with van der Waals surface area (Å²) in [6.07, 6.45) is 1.78. The van der Waals surface area contributed by atoms with E-state index in [9.17, 15) is 0 Å². The van der Waals surface area contributed by atoms with Crippen LogP contribution in [0.25, 0.3) is 11.0 Å². The Morgan fingerprint density at radius 3 is 2.75 bits per heavy atom. The van der Waals surface area contributed by atoms with Crippen molar-refractivity contribution in [3.05, 3.63) is 42.6 Å². The van der Waals surface area contributed by atoms with Gasteiger partial charge < -0.3 is 9.72 Å². The van der Waals surface area contributed by atoms with Crippen LogP contribution in [0.1, 0.15) is 0 Å². The van der Waals surface area contributed by atoms with Crippen molar-refractivity contribution in [3.63, 3.8) is 0 Å². The first kappa shape index (κ1) is 8.84. The average molecular weight is 212 g/mol. The van der Waals surface area contributed by atoms with Crippen molar-refractivity contribution in [2.24, 2.45) is 0 Å². The van der Waals surface area contributed by atoms with Gasteiger partial charge in [-0.2, -0.15) is 0 Å². The Bertz CT molecular complexity index is 605. The number of hydrogen-bond donors (Lipinski definition) is 1. The molecular formula is C11H8N4O. The molecule has 78 valence electrons. The lowest BCUT2D eigenvalue weighted by molar-refractivity contribution is 0.457. The van der Waals surface area contributed by atoms with Crippen molar-refractivity contribution in [1.82, 2.24) is 20.4 Å². The third-order valence-electron chi connectivity index (χ3n) is 2.18. The molecule has 1 N–H and O–H groups in total. The number of aromatic nitrogens is 4. The molecule has 0 amide bonds. The maximum absolute atomic E-state index is 5.61. The van der Waals surface area contributed by atoms with E-state index in [4.69, 9.17) is 4.74 Å². The van der Waals surface area contributed by atoms with E-state index < -0.39 is 0 Å². The lowest BCUT2D eigenvalue weighted by Gasteiger charge is -2.03. The van der Waals surface area contributed by atoms with Gasteiger partial charge in [0.05, 0.1) is 0 Å². The summed E-state index contributed by atoms with van der Waals surface area (Å²) < 4.78 is 5.61. The van der Waals surface area contributed by atoms with Gasteiger partial charge in [0.1, 0.15) is 16.8 Å². The Morgan fingerprint density at radius 1 is 1.00 bits per heavy atom. The third-order valence-corrected chi connectivity index (χ3v) is 2.18. The molecule has 0 aliphatic rings. The van der Waals surface area contributed by atoms with E-state index in [1.165, 1.54) is 0 Å². The molecule has 2 aromatic heterocycles. The molecule has 5 heteroatoms. The monoisotopic (exact) mass is 212 g/mol. The van der Waals surface area contributed by atoms with Crippen LogP contribution in [0.4, 0.5) is 0 Å². The van der Waals surface area contributed by atoms with Gasteiger partial charge in [0.25, 0.3) is 5.88 Å². The SMILES string of the molecule is c1ccc(Oc2nnnc3cc[nH]c23)cc1. The normalized spacial score (nSPS) is 10.5. The van der Waals surface area contributed by atoms with Crippen LogP contribution in [-0.2, 0) is 0 Å². The predicted molar refractivity (Wildman–Crippen MR) is 58.2 cm³/mol. The largest absolute Gasteiger partial charge is 0.436 e. The van der Waals surface area contributed by atoms with Crippen LogP contribution in [0, 0.1) is 0 Å². The standard InChI is InChI=1S/C11H8N4O/c1-2-4-8(5-3-1)16-11-10-9(6-7-12-10)13-15-14-11/h1-7,12H. The van der Waals surface area contributed by atoms with E-state index in [0.717, 1.165) is 16.8 Å². The number of H-pyrrole nitrogens is 1. The maximum Gasteiger partial charge on any atom is 0.266 e. The molecule has 1 aromatic carbocycles. The number of nitrogens with zero attached hydrogens (tertiary/aromatic N) is 3. The van der Waals surface area contributed by atoms with Crippen LogP contribution >= 0.6 is 0 Å². The highest BCUT2D eigenvalue weighted by Crippen LogP contribution is 2.23. The van der Waals surface area contributed by atoms with Gasteiger partial charge in [0, 0.05) is 6.20 Å². The minimum atomic E-state index is 0.432. The van der Waals surface area contributed by atoms with E-state index in [0.29, 0.717) is 5.88 Å². The Hall–Kier alpha value is -2.43. The first-order chi connectivity index (χ1) is 7.93. The van der Waals surface area contributed by atoms with E-state index in [1.807, 2.05) is 36.4 Å². The summed E-state index contributed by atoms with van der Waals surface area (Å²) >= 11 is 0. The maximum atomic E-state index is 5.61. The first-order valence-corrected chi connectivity index (χ1v) is 4.83. The lowest BCUT2D eigenvalue weighted by Crippen LogP contribution is -1.93. The van der Waals surface area contributed by atoms with Gasteiger partial charge in [-0.3, -0.25) is 0 Å². The Morgan fingerprint density at radius 2 is 1.88 bits per heavy atom. The van der Waals surface area contributed by atoms with Crippen LogP contribution in [0.3, 0.4) is 0 Å². The topological polar surface area (TPSA) is 63.7 Å². The number of nitrogens with one attached hydrogen (secondary N) is 1. The van der Waals surface area contributed by atoms with Crippen molar-refractivity contribution >= 4 is 11.0 Å². The molecule has 0 unspecified atom stereocenters. The van der Waals surface area contributed by atoms with Crippen molar-refractivity contribution in [2.45, 2.75) is 0 Å². The molecule has 0 bridgehead atoms. The Kier molecular flexibility index (Phi) is 2.00. The van der Waals surface area contributed by atoms with Gasteiger partial charge in [-0.05, 0) is 23.4 Å². The van der Waals surface area contributed by atoms with Gasteiger partial charge >= 0.3 is 0 Å². The van der Waals surface area contributed by atoms with Crippen molar-refractivity contribution < 1.29 is 4.74 Å². The minimum Gasteiger partial charge on any atom is -0.436 e. The zero-order valence-electron chi connectivity index (χ0n) is 8.29. The number of benzene rings is 1. The number of para-hydroxylation sites is 1. The number of aromatic amines is 1. The summed E-state index contributed by atoms with van der Waals surface area (Å²) in [6, 6.07) is 11.3. The fraction of sp³-hybridized carbons (Fsp3) is 0. The predicted octanol–water partition coefficient (Wildman–Crippen LogP) is 2.15. The van der Waals surface area contributed by atoms with Gasteiger partial charge in [0.15, 0.2) is 0 Å². The van der Waals surface area contributed by atoms with Crippen molar-refractivity contribution in [3.8, 4) is 11.6 Å². The molecule has 0 saturated carbocycles. The second kappa shape index (κ2) is 3.62. The van der Waals surface area contributed by atoms with Crippen molar-refractivity contribution in [2.75, 3.05) is 0 Å². The fourth-order valence-electron chi connectivity index (χ4n) is 1.45. The molecule has 0 atom stereocenters. The Balaban J connectivity index is 2.04. The number of fused-ring (bicyclic) bond motifs is 1. The average Bonchev–Trinajstić information content (AvgIpc) is 2.80. The first-order valence-electron chi connectivity index (χ1n) is 4.83. The molecule has 3 rings (SSSR count). The second-order valence-corrected chi connectivity index (χ2v) is 3.25. The van der Waals surface area contributed by atoms with E-state index in [-0.39, 0.29) is 0 Å². The molecule has 5 nitrogen and oxygen atoms in total. The van der Waals surface area contributed by atoms with Crippen LogP contribution < -0.4 is 4.74 Å². The van der Waals surface area contributed by atoms with Gasteiger partial charge in [-0.15, -0.1) is 5.10 Å². The van der Waals surface area contributed by atoms with Crippen LogP contribution in [-0.4, -0.2) is 20.4 Å². The summed E-state index contributed by atoms with van der Waals surface area (Å²) in [6.45, 7) is 0. The third kappa shape index (κ3) is 1.48. The van der Waals surface area contributed by atoms with Gasteiger partial charge in [0.2, 0.25) is 0 Å². The molecule has 0 aliphatic carbocycles. The highest BCUT2D eigenvalue weighted by Gasteiger charge is 2.07. The van der Waals surface area contributed by atoms with E-state index in [2.05, 4.69) is 20.4 Å². The van der Waals surface area contributed by atoms with Gasteiger partial charge in [-0.25, -0.2) is 0 Å². The summed E-state index contributed by atoms with van der Waals surface area (Å²) in [5.74, 6) is 1.15. The molecular weight excluding hydrogens is 204 g/mol. The van der Waals surface area contributed by atoms with Crippen LogP contribution in [0.15, 0.2) is 42.6 Å². The molecule has 2 heterocycles. The molecule has 0 radical (unpaired) electrons. The minimum absolute atomic E-state index is 0.432. The summed E-state index contributed by atoms with van der Waals surface area (Å²) in [4.78, 5) is 3.02. The highest BCUT2D eigenvalue weighted by molar-refractivity contribution is 5.79. The second-order valence-electron chi connectivity index (χ2n) is 3.25. The molecule has 0 saturated heterocycles. The zero-order valence-corrected chi connectivity index (χ0v) is 8.29. The van der Waals surface area contributed by atoms with Crippen molar-refractivity contribution in [1.29, 1.82) is 0 Å². The molecule has 0 aliphatic heterocycles. The number of rotatable bonds is 2. The van der Waals surface area contributed by atoms with Crippen LogP contribution in [0.2, 0.25) is 0 Å². The Labute approximate surface area is 91.1 Å². The molecule has 0 fully saturated rings. The molecule has 0 spiro atoms. The lowest BCUT2D eigenvalue weighted by atomic mass is 10.3. The quantitative estimate of drug-likeness (QED) is 0.706. The highest BCUT2D eigenvalue weighted by atomic mass is 16.5. The van der Waals surface area contributed by atoms with E-state index >= 15 is 0 Å².